The quantitative estimate of drug-likeness (QED) is 0.822. The Balaban J connectivity index is 2.28. The Kier molecular flexibility index (Phi) is 4.13. The summed E-state index contributed by atoms with van der Waals surface area (Å²) < 4.78 is 10.8. The third-order valence-corrected chi connectivity index (χ3v) is 4.04. The highest BCUT2D eigenvalue weighted by atomic mass is 32.2. The predicted octanol–water partition coefficient (Wildman–Crippen LogP) is 1.84. The molecule has 5 heteroatoms. The average molecular weight is 278 g/mol. The summed E-state index contributed by atoms with van der Waals surface area (Å²) in [7, 11) is 3.05. The smallest absolute Gasteiger partial charge is 0.224 e. The van der Waals surface area contributed by atoms with E-state index in [0.29, 0.717) is 0 Å². The van der Waals surface area contributed by atoms with Crippen LogP contribution in [0.4, 0.5) is 0 Å². The zero-order valence-electron chi connectivity index (χ0n) is 11.0. The van der Waals surface area contributed by atoms with E-state index in [9.17, 15) is 0 Å². The van der Waals surface area contributed by atoms with E-state index in [2.05, 4.69) is 0 Å². The maximum absolute atomic E-state index is 6.02. The van der Waals surface area contributed by atoms with Crippen LogP contribution in [-0.4, -0.2) is 25.7 Å². The first-order valence-corrected chi connectivity index (χ1v) is 6.68. The summed E-state index contributed by atoms with van der Waals surface area (Å²) in [4.78, 5) is 2.10. The van der Waals surface area contributed by atoms with Crippen LogP contribution in [0.15, 0.2) is 58.4 Å². The molecule has 0 atom stereocenters. The highest BCUT2D eigenvalue weighted by Gasteiger charge is 2.46. The highest BCUT2D eigenvalue weighted by molar-refractivity contribution is 8.03. The van der Waals surface area contributed by atoms with Gasteiger partial charge < -0.3 is 20.9 Å². The van der Waals surface area contributed by atoms with Crippen molar-refractivity contribution in [2.24, 2.45) is 11.5 Å². The van der Waals surface area contributed by atoms with E-state index in [4.69, 9.17) is 20.9 Å². The predicted molar refractivity (Wildman–Crippen MR) is 77.4 cm³/mol. The number of methoxy groups -OCH3 is 2. The maximum Gasteiger partial charge on any atom is 0.224 e. The molecule has 0 radical (unpaired) electrons. The molecule has 0 amide bonds. The zero-order chi connectivity index (χ0) is 13.9. The zero-order valence-corrected chi connectivity index (χ0v) is 11.8. The van der Waals surface area contributed by atoms with E-state index in [0.717, 1.165) is 9.80 Å². The Hall–Kier alpha value is -1.11. The van der Waals surface area contributed by atoms with Crippen molar-refractivity contribution in [2.75, 3.05) is 14.2 Å². The van der Waals surface area contributed by atoms with Crippen molar-refractivity contribution in [3.63, 3.8) is 0 Å². The average Bonchev–Trinajstić information content (AvgIpc) is 2.42. The summed E-state index contributed by atoms with van der Waals surface area (Å²) in [5, 5.41) is 0. The van der Waals surface area contributed by atoms with Crippen LogP contribution in [-0.2, 0) is 9.47 Å². The van der Waals surface area contributed by atoms with Gasteiger partial charge in [-0.2, -0.15) is 0 Å². The minimum absolute atomic E-state index is 0.974. The first-order chi connectivity index (χ1) is 9.03. The first kappa shape index (κ1) is 14.3. The largest absolute Gasteiger partial charge is 0.347 e. The van der Waals surface area contributed by atoms with Crippen molar-refractivity contribution in [3.05, 3.63) is 53.5 Å². The normalized spacial score (nSPS) is 20.1. The lowest BCUT2D eigenvalue weighted by atomic mass is 9.95. The molecule has 1 aliphatic rings. The summed E-state index contributed by atoms with van der Waals surface area (Å²) in [6.07, 6.45) is 5.39. The molecule has 4 N–H and O–H groups in total. The van der Waals surface area contributed by atoms with Gasteiger partial charge in [-0.15, -0.1) is 0 Å². The molecule has 1 aromatic rings. The number of hydrogen-bond acceptors (Lipinski definition) is 5. The number of ether oxygens (including phenoxy) is 2. The fraction of sp³-hybridized carbons (Fsp3) is 0.286. The fourth-order valence-corrected chi connectivity index (χ4v) is 2.85. The van der Waals surface area contributed by atoms with Crippen LogP contribution < -0.4 is 11.5 Å². The summed E-state index contributed by atoms with van der Waals surface area (Å²) in [5.41, 5.74) is 10.8. The molecule has 19 heavy (non-hydrogen) atoms. The standard InChI is InChI=1S/C14H18N2O2S/c1-17-14(18-2)10-12(8-9-13(14,15)16)19-11-6-4-3-5-7-11/h3-10H,15-16H2,1-2H3. The fourth-order valence-electron chi connectivity index (χ4n) is 1.94. The van der Waals surface area contributed by atoms with Gasteiger partial charge in [0.2, 0.25) is 5.79 Å². The first-order valence-electron chi connectivity index (χ1n) is 5.86. The van der Waals surface area contributed by atoms with Crippen molar-refractivity contribution < 1.29 is 9.47 Å². The number of hydrogen-bond donors (Lipinski definition) is 2. The molecule has 0 unspecified atom stereocenters. The van der Waals surface area contributed by atoms with Gasteiger partial charge in [-0.1, -0.05) is 30.0 Å². The maximum atomic E-state index is 6.02. The third kappa shape index (κ3) is 2.75. The van der Waals surface area contributed by atoms with Gasteiger partial charge in [-0.05, 0) is 30.4 Å². The molecule has 0 fully saturated rings. The minimum Gasteiger partial charge on any atom is -0.347 e. The topological polar surface area (TPSA) is 70.5 Å². The van der Waals surface area contributed by atoms with Crippen LogP contribution in [0.3, 0.4) is 0 Å². The van der Waals surface area contributed by atoms with Crippen LogP contribution >= 0.6 is 11.8 Å². The van der Waals surface area contributed by atoms with Gasteiger partial charge in [0.05, 0.1) is 0 Å². The van der Waals surface area contributed by atoms with Crippen LogP contribution in [0.5, 0.6) is 0 Å². The van der Waals surface area contributed by atoms with Crippen molar-refractivity contribution in [1.29, 1.82) is 0 Å². The minimum atomic E-state index is -1.20. The molecule has 0 aromatic heterocycles. The van der Waals surface area contributed by atoms with Crippen LogP contribution in [0.25, 0.3) is 0 Å². The molecule has 0 aliphatic heterocycles. The molecule has 0 saturated heterocycles. The molecule has 0 spiro atoms. The van der Waals surface area contributed by atoms with Crippen molar-refractivity contribution in [3.8, 4) is 0 Å². The Labute approximate surface area is 117 Å². The Morgan fingerprint density at radius 1 is 1.05 bits per heavy atom. The van der Waals surface area contributed by atoms with E-state index in [1.54, 1.807) is 17.8 Å². The van der Waals surface area contributed by atoms with Gasteiger partial charge in [0.25, 0.3) is 0 Å². The van der Waals surface area contributed by atoms with Gasteiger partial charge in [0.15, 0.2) is 0 Å². The van der Waals surface area contributed by atoms with E-state index >= 15 is 0 Å². The second-order valence-electron chi connectivity index (χ2n) is 4.30. The van der Waals surface area contributed by atoms with Gasteiger partial charge in [0.1, 0.15) is 5.66 Å². The lowest BCUT2D eigenvalue weighted by Gasteiger charge is -2.41. The number of nitrogens with two attached hydrogens (primary N) is 2. The lowest BCUT2D eigenvalue weighted by Crippen LogP contribution is -2.67. The molecule has 4 nitrogen and oxygen atoms in total. The lowest BCUT2D eigenvalue weighted by molar-refractivity contribution is -0.202. The summed E-state index contributed by atoms with van der Waals surface area (Å²) >= 11 is 1.60. The van der Waals surface area contributed by atoms with E-state index in [1.165, 1.54) is 14.2 Å². The number of allylic oxidation sites excluding steroid dienone is 1. The Morgan fingerprint density at radius 2 is 1.68 bits per heavy atom. The SMILES string of the molecule is COC1(OC)C=C(Sc2ccccc2)C=CC1(N)N. The van der Waals surface area contributed by atoms with Crippen molar-refractivity contribution in [2.45, 2.75) is 16.3 Å². The summed E-state index contributed by atoms with van der Waals surface area (Å²) in [5.74, 6) is -1.15. The molecule has 2 rings (SSSR count). The van der Waals surface area contributed by atoms with Crippen LogP contribution in [0, 0.1) is 0 Å². The molecule has 1 aromatic carbocycles. The molecule has 1 aliphatic carbocycles. The number of rotatable bonds is 4. The van der Waals surface area contributed by atoms with Crippen molar-refractivity contribution >= 4 is 11.8 Å². The monoisotopic (exact) mass is 278 g/mol. The van der Waals surface area contributed by atoms with Crippen LogP contribution in [0.2, 0.25) is 0 Å². The Morgan fingerprint density at radius 3 is 2.26 bits per heavy atom. The molecular weight excluding hydrogens is 260 g/mol. The molecule has 0 heterocycles. The summed E-state index contributed by atoms with van der Waals surface area (Å²) in [6.45, 7) is 0. The molecule has 0 bridgehead atoms. The van der Waals surface area contributed by atoms with Gasteiger partial charge >= 0.3 is 0 Å². The summed E-state index contributed by atoms with van der Waals surface area (Å²) in [6, 6.07) is 10.0. The number of thioether (sulfide) groups is 1. The number of benzene rings is 1. The molecular formula is C14H18N2O2S. The molecule has 0 saturated carbocycles. The van der Waals surface area contributed by atoms with Crippen molar-refractivity contribution in [1.82, 2.24) is 0 Å². The van der Waals surface area contributed by atoms with Gasteiger partial charge in [-0.3, -0.25) is 0 Å². The van der Waals surface area contributed by atoms with E-state index in [1.807, 2.05) is 42.5 Å². The highest BCUT2D eigenvalue weighted by Crippen LogP contribution is 2.36. The third-order valence-electron chi connectivity index (χ3n) is 3.04. The second kappa shape index (κ2) is 5.48. The van der Waals surface area contributed by atoms with Gasteiger partial charge in [0, 0.05) is 24.0 Å². The van der Waals surface area contributed by atoms with Crippen LogP contribution in [0.1, 0.15) is 0 Å². The molecule has 102 valence electrons. The Bertz CT molecular complexity index is 493. The van der Waals surface area contributed by atoms with E-state index in [-0.39, 0.29) is 0 Å². The van der Waals surface area contributed by atoms with E-state index < -0.39 is 11.4 Å². The second-order valence-corrected chi connectivity index (χ2v) is 5.45. The van der Waals surface area contributed by atoms with Gasteiger partial charge in [-0.25, -0.2) is 0 Å².